The molecule has 3 aromatic rings. The fourth-order valence-corrected chi connectivity index (χ4v) is 3.27. The van der Waals surface area contributed by atoms with Crippen molar-refractivity contribution in [2.75, 3.05) is 11.9 Å². The van der Waals surface area contributed by atoms with Crippen molar-refractivity contribution in [2.24, 2.45) is 0 Å². The van der Waals surface area contributed by atoms with Crippen LogP contribution in [0.2, 0.25) is 5.02 Å². The minimum absolute atomic E-state index is 0.574. The fraction of sp³-hybridized carbons (Fsp3) is 0.278. The van der Waals surface area contributed by atoms with Gasteiger partial charge in [-0.1, -0.05) is 29.8 Å². The molecule has 0 saturated carbocycles. The number of halogens is 2. The second-order valence-electron chi connectivity index (χ2n) is 6.08. The van der Waals surface area contributed by atoms with Crippen molar-refractivity contribution in [3.05, 3.63) is 63.6 Å². The Morgan fingerprint density at radius 2 is 2.07 bits per heavy atom. The lowest BCUT2D eigenvalue weighted by atomic mass is 10.2. The normalized spacial score (nSPS) is 10.8. The van der Waals surface area contributed by atoms with Crippen LogP contribution in [0.15, 0.2) is 47.3 Å². The monoisotopic (exact) mass is 466 g/mol. The van der Waals surface area contributed by atoms with Gasteiger partial charge in [-0.25, -0.2) is 0 Å². The van der Waals surface area contributed by atoms with E-state index < -0.39 is 0 Å². The zero-order valence-corrected chi connectivity index (χ0v) is 18.0. The highest BCUT2D eigenvalue weighted by atomic mass is 79.9. The first kappa shape index (κ1) is 19.9. The lowest BCUT2D eigenvalue weighted by molar-refractivity contribution is 0.570. The van der Waals surface area contributed by atoms with Gasteiger partial charge >= 0.3 is 0 Å². The van der Waals surface area contributed by atoms with Gasteiger partial charge in [-0.3, -0.25) is 9.36 Å². The SMILES string of the molecule is Cc1nn(CCCNC(=S)Nc2cnn(Cc3ccccc3Cl)c2)cc1Br. The molecular weight excluding hydrogens is 448 g/mol. The van der Waals surface area contributed by atoms with Gasteiger partial charge in [-0.15, -0.1) is 0 Å². The summed E-state index contributed by atoms with van der Waals surface area (Å²) >= 11 is 15.0. The number of anilines is 1. The smallest absolute Gasteiger partial charge is 0.170 e. The van der Waals surface area contributed by atoms with Crippen LogP contribution in [0.1, 0.15) is 17.7 Å². The van der Waals surface area contributed by atoms with Gasteiger partial charge in [-0.2, -0.15) is 10.2 Å². The zero-order valence-electron chi connectivity index (χ0n) is 14.8. The van der Waals surface area contributed by atoms with E-state index in [-0.39, 0.29) is 0 Å². The van der Waals surface area contributed by atoms with Gasteiger partial charge < -0.3 is 10.6 Å². The van der Waals surface area contributed by atoms with E-state index in [9.17, 15) is 0 Å². The van der Waals surface area contributed by atoms with Gasteiger partial charge in [0.15, 0.2) is 5.11 Å². The molecule has 27 heavy (non-hydrogen) atoms. The highest BCUT2D eigenvalue weighted by molar-refractivity contribution is 9.10. The maximum absolute atomic E-state index is 6.19. The van der Waals surface area contributed by atoms with Gasteiger partial charge in [-0.05, 0) is 53.1 Å². The molecule has 0 aliphatic carbocycles. The van der Waals surface area contributed by atoms with Crippen molar-refractivity contribution in [3.8, 4) is 0 Å². The predicted molar refractivity (Wildman–Crippen MR) is 116 cm³/mol. The summed E-state index contributed by atoms with van der Waals surface area (Å²) in [5.74, 6) is 0. The molecule has 0 fully saturated rings. The Morgan fingerprint density at radius 1 is 1.26 bits per heavy atom. The van der Waals surface area contributed by atoms with Crippen molar-refractivity contribution in [1.29, 1.82) is 0 Å². The maximum atomic E-state index is 6.19. The molecule has 0 atom stereocenters. The van der Waals surface area contributed by atoms with Crippen molar-refractivity contribution in [3.63, 3.8) is 0 Å². The Kier molecular flexibility index (Phi) is 6.87. The Morgan fingerprint density at radius 3 is 2.81 bits per heavy atom. The standard InChI is InChI=1S/C18H20BrClN6S/c1-13-16(19)12-25(24-13)8-4-7-21-18(27)23-15-9-22-26(11-15)10-14-5-2-3-6-17(14)20/h2-3,5-6,9,11-12H,4,7-8,10H2,1H3,(H2,21,23,27). The van der Waals surface area contributed by atoms with E-state index in [4.69, 9.17) is 23.8 Å². The van der Waals surface area contributed by atoms with E-state index in [1.807, 2.05) is 52.9 Å². The number of rotatable bonds is 7. The fourth-order valence-electron chi connectivity index (χ4n) is 2.54. The Hall–Kier alpha value is -1.90. The van der Waals surface area contributed by atoms with Crippen LogP contribution in [-0.4, -0.2) is 31.2 Å². The summed E-state index contributed by atoms with van der Waals surface area (Å²) in [6.45, 7) is 4.18. The van der Waals surface area contributed by atoms with Crippen LogP contribution in [0, 0.1) is 6.92 Å². The minimum atomic E-state index is 0.574. The van der Waals surface area contributed by atoms with Crippen LogP contribution in [0.5, 0.6) is 0 Å². The molecule has 0 unspecified atom stereocenters. The Bertz CT molecular complexity index is 903. The van der Waals surface area contributed by atoms with Gasteiger partial charge in [0.2, 0.25) is 0 Å². The molecule has 6 nitrogen and oxygen atoms in total. The molecule has 1 aromatic carbocycles. The summed E-state index contributed by atoms with van der Waals surface area (Å²) in [4.78, 5) is 0. The summed E-state index contributed by atoms with van der Waals surface area (Å²) in [6, 6.07) is 7.75. The van der Waals surface area contributed by atoms with E-state index in [2.05, 4.69) is 36.8 Å². The molecule has 0 aliphatic heterocycles. The van der Waals surface area contributed by atoms with Crippen LogP contribution in [-0.2, 0) is 13.1 Å². The van der Waals surface area contributed by atoms with E-state index in [1.54, 1.807) is 6.20 Å². The van der Waals surface area contributed by atoms with Gasteiger partial charge in [0, 0.05) is 30.5 Å². The van der Waals surface area contributed by atoms with Crippen LogP contribution in [0.3, 0.4) is 0 Å². The average Bonchev–Trinajstić information content (AvgIpc) is 3.20. The Balaban J connectivity index is 1.42. The van der Waals surface area contributed by atoms with E-state index in [0.717, 1.165) is 46.0 Å². The molecule has 2 aromatic heterocycles. The lowest BCUT2D eigenvalue weighted by Crippen LogP contribution is -2.29. The summed E-state index contributed by atoms with van der Waals surface area (Å²) in [7, 11) is 0. The summed E-state index contributed by atoms with van der Waals surface area (Å²) in [5.41, 5.74) is 2.86. The predicted octanol–water partition coefficient (Wildman–Crippen LogP) is 4.23. The molecule has 0 aliphatic rings. The average molecular weight is 468 g/mol. The second kappa shape index (κ2) is 9.34. The molecule has 0 spiro atoms. The summed E-state index contributed by atoms with van der Waals surface area (Å²) in [5, 5.41) is 16.4. The molecule has 2 heterocycles. The third kappa shape index (κ3) is 5.79. The minimum Gasteiger partial charge on any atom is -0.362 e. The van der Waals surface area contributed by atoms with E-state index in [1.165, 1.54) is 0 Å². The maximum Gasteiger partial charge on any atom is 0.170 e. The van der Waals surface area contributed by atoms with Gasteiger partial charge in [0.25, 0.3) is 0 Å². The van der Waals surface area contributed by atoms with Crippen molar-refractivity contribution >= 4 is 50.5 Å². The quantitative estimate of drug-likeness (QED) is 0.402. The highest BCUT2D eigenvalue weighted by Gasteiger charge is 2.05. The molecule has 0 radical (unpaired) electrons. The lowest BCUT2D eigenvalue weighted by Gasteiger charge is -2.09. The number of thiocarbonyl (C=S) groups is 1. The van der Waals surface area contributed by atoms with Gasteiger partial charge in [0.1, 0.15) is 0 Å². The van der Waals surface area contributed by atoms with E-state index >= 15 is 0 Å². The molecule has 3 rings (SSSR count). The number of aromatic nitrogens is 4. The number of nitrogens with one attached hydrogen (secondary N) is 2. The first-order valence-corrected chi connectivity index (χ1v) is 10.1. The first-order chi connectivity index (χ1) is 13.0. The highest BCUT2D eigenvalue weighted by Crippen LogP contribution is 2.17. The topological polar surface area (TPSA) is 59.7 Å². The molecular formula is C18H20BrClN6S. The van der Waals surface area contributed by atoms with Gasteiger partial charge in [0.05, 0.1) is 28.6 Å². The second-order valence-corrected chi connectivity index (χ2v) is 7.75. The number of benzene rings is 1. The van der Waals surface area contributed by atoms with Crippen molar-refractivity contribution in [1.82, 2.24) is 24.9 Å². The van der Waals surface area contributed by atoms with Crippen LogP contribution < -0.4 is 10.6 Å². The largest absolute Gasteiger partial charge is 0.362 e. The molecule has 2 N–H and O–H groups in total. The molecule has 0 saturated heterocycles. The Labute approximate surface area is 177 Å². The number of nitrogens with zero attached hydrogens (tertiary/aromatic N) is 4. The summed E-state index contributed by atoms with van der Waals surface area (Å²) < 4.78 is 4.78. The van der Waals surface area contributed by atoms with E-state index in [0.29, 0.717) is 11.7 Å². The third-order valence-corrected chi connectivity index (χ3v) is 5.31. The molecule has 0 bridgehead atoms. The third-order valence-electron chi connectivity index (χ3n) is 3.92. The zero-order chi connectivity index (χ0) is 19.2. The molecule has 0 amide bonds. The number of hydrogen-bond acceptors (Lipinski definition) is 3. The van der Waals surface area contributed by atoms with Crippen molar-refractivity contribution in [2.45, 2.75) is 26.4 Å². The van der Waals surface area contributed by atoms with Crippen molar-refractivity contribution < 1.29 is 0 Å². The number of hydrogen-bond donors (Lipinski definition) is 2. The molecule has 9 heteroatoms. The first-order valence-electron chi connectivity index (χ1n) is 8.51. The number of aryl methyl sites for hydroxylation is 2. The summed E-state index contributed by atoms with van der Waals surface area (Å²) in [6.07, 6.45) is 6.55. The van der Waals surface area contributed by atoms with Crippen LogP contribution in [0.4, 0.5) is 5.69 Å². The van der Waals surface area contributed by atoms with Crippen LogP contribution >= 0.6 is 39.7 Å². The van der Waals surface area contributed by atoms with Crippen LogP contribution in [0.25, 0.3) is 0 Å². The molecule has 142 valence electrons.